The van der Waals surface area contributed by atoms with Crippen molar-refractivity contribution in [2.24, 2.45) is 0 Å². The van der Waals surface area contributed by atoms with E-state index in [1.807, 2.05) is 12.4 Å². The van der Waals surface area contributed by atoms with Crippen LogP contribution in [0.1, 0.15) is 37.7 Å². The Morgan fingerprint density at radius 3 is 2.47 bits per heavy atom. The minimum Gasteiger partial charge on any atom is -0.395 e. The first-order chi connectivity index (χ1) is 9.36. The molecular formula is C14H22N4O. The number of anilines is 1. The van der Waals surface area contributed by atoms with Crippen LogP contribution < -0.4 is 10.2 Å². The Morgan fingerprint density at radius 2 is 1.95 bits per heavy atom. The predicted molar refractivity (Wildman–Crippen MR) is 74.0 cm³/mol. The Kier molecular flexibility index (Phi) is 3.94. The van der Waals surface area contributed by atoms with Crippen LogP contribution in [0.5, 0.6) is 0 Å². The molecular weight excluding hydrogens is 240 g/mol. The van der Waals surface area contributed by atoms with Gasteiger partial charge in [-0.05, 0) is 32.1 Å². The Balaban J connectivity index is 1.61. The predicted octanol–water partition coefficient (Wildman–Crippen LogP) is 1.08. The molecule has 2 fully saturated rings. The van der Waals surface area contributed by atoms with Crippen LogP contribution in [0.4, 0.5) is 5.95 Å². The van der Waals surface area contributed by atoms with Crippen molar-refractivity contribution in [2.75, 3.05) is 18.1 Å². The lowest BCUT2D eigenvalue weighted by Gasteiger charge is -2.37. The molecule has 1 heterocycles. The average Bonchev–Trinajstić information content (AvgIpc) is 3.18. The summed E-state index contributed by atoms with van der Waals surface area (Å²) in [6.45, 7) is 1.64. The molecule has 3 rings (SSSR count). The standard InChI is InChI=1S/C14H22N4O/c19-7-6-18(13-2-1-3-13)14-16-9-11(10-17-14)8-15-12-4-5-12/h9-10,12-13,15,19H,1-8H2. The van der Waals surface area contributed by atoms with Gasteiger partial charge in [0, 0.05) is 43.1 Å². The Morgan fingerprint density at radius 1 is 1.21 bits per heavy atom. The van der Waals surface area contributed by atoms with Gasteiger partial charge in [-0.1, -0.05) is 0 Å². The third kappa shape index (κ3) is 3.22. The maximum Gasteiger partial charge on any atom is 0.225 e. The summed E-state index contributed by atoms with van der Waals surface area (Å²) in [7, 11) is 0. The summed E-state index contributed by atoms with van der Waals surface area (Å²) >= 11 is 0. The second-order valence-corrected chi connectivity index (χ2v) is 5.55. The molecule has 104 valence electrons. The van der Waals surface area contributed by atoms with E-state index in [0.29, 0.717) is 18.6 Å². The van der Waals surface area contributed by atoms with Gasteiger partial charge in [-0.3, -0.25) is 0 Å². The van der Waals surface area contributed by atoms with Crippen LogP contribution in [0.3, 0.4) is 0 Å². The van der Waals surface area contributed by atoms with Crippen LogP contribution in [-0.4, -0.2) is 40.3 Å². The van der Waals surface area contributed by atoms with Crippen LogP contribution in [-0.2, 0) is 6.54 Å². The summed E-state index contributed by atoms with van der Waals surface area (Å²) < 4.78 is 0. The molecule has 0 bridgehead atoms. The van der Waals surface area contributed by atoms with Crippen molar-refractivity contribution in [2.45, 2.75) is 50.7 Å². The van der Waals surface area contributed by atoms with E-state index in [1.165, 1.54) is 32.1 Å². The smallest absolute Gasteiger partial charge is 0.225 e. The normalized spacial score (nSPS) is 19.2. The zero-order chi connectivity index (χ0) is 13.1. The SMILES string of the molecule is OCCN(c1ncc(CNC2CC2)cn1)C1CCC1. The highest BCUT2D eigenvalue weighted by Gasteiger charge is 2.26. The first kappa shape index (κ1) is 12.8. The monoisotopic (exact) mass is 262 g/mol. The van der Waals surface area contributed by atoms with E-state index >= 15 is 0 Å². The van der Waals surface area contributed by atoms with Crippen molar-refractivity contribution in [3.05, 3.63) is 18.0 Å². The molecule has 0 spiro atoms. The van der Waals surface area contributed by atoms with E-state index in [0.717, 1.165) is 18.1 Å². The number of nitrogens with one attached hydrogen (secondary N) is 1. The molecule has 2 aliphatic rings. The molecule has 2 saturated carbocycles. The molecule has 2 N–H and O–H groups in total. The highest BCUT2D eigenvalue weighted by atomic mass is 16.3. The van der Waals surface area contributed by atoms with Crippen LogP contribution in [0, 0.1) is 0 Å². The highest BCUT2D eigenvalue weighted by Crippen LogP contribution is 2.27. The number of nitrogens with zero attached hydrogens (tertiary/aromatic N) is 3. The molecule has 0 radical (unpaired) electrons. The molecule has 0 saturated heterocycles. The first-order valence-electron chi connectivity index (χ1n) is 7.28. The molecule has 0 unspecified atom stereocenters. The minimum atomic E-state index is 0.158. The van der Waals surface area contributed by atoms with Gasteiger partial charge < -0.3 is 15.3 Å². The summed E-state index contributed by atoms with van der Waals surface area (Å²) in [5, 5.41) is 12.6. The van der Waals surface area contributed by atoms with Gasteiger partial charge in [0.25, 0.3) is 0 Å². The van der Waals surface area contributed by atoms with Crippen LogP contribution in [0.2, 0.25) is 0 Å². The number of aromatic nitrogens is 2. The lowest BCUT2D eigenvalue weighted by Crippen LogP contribution is -2.42. The fraction of sp³-hybridized carbons (Fsp3) is 0.714. The van der Waals surface area contributed by atoms with E-state index in [-0.39, 0.29) is 6.61 Å². The largest absolute Gasteiger partial charge is 0.395 e. The number of aliphatic hydroxyl groups is 1. The lowest BCUT2D eigenvalue weighted by atomic mass is 9.92. The van der Waals surface area contributed by atoms with Crippen LogP contribution >= 0.6 is 0 Å². The van der Waals surface area contributed by atoms with E-state index in [4.69, 9.17) is 5.11 Å². The Bertz CT molecular complexity index is 400. The summed E-state index contributed by atoms with van der Waals surface area (Å²) in [6, 6.07) is 1.23. The second-order valence-electron chi connectivity index (χ2n) is 5.55. The Labute approximate surface area is 114 Å². The van der Waals surface area contributed by atoms with Crippen molar-refractivity contribution in [3.63, 3.8) is 0 Å². The van der Waals surface area contributed by atoms with Crippen LogP contribution in [0.25, 0.3) is 0 Å². The zero-order valence-corrected chi connectivity index (χ0v) is 11.3. The summed E-state index contributed by atoms with van der Waals surface area (Å²) in [5.74, 6) is 0.758. The average molecular weight is 262 g/mol. The molecule has 0 atom stereocenters. The van der Waals surface area contributed by atoms with Crippen molar-refractivity contribution in [1.82, 2.24) is 15.3 Å². The van der Waals surface area contributed by atoms with Crippen molar-refractivity contribution < 1.29 is 5.11 Å². The molecule has 0 aromatic carbocycles. The fourth-order valence-corrected chi connectivity index (χ4v) is 2.39. The van der Waals surface area contributed by atoms with Gasteiger partial charge in [0.2, 0.25) is 5.95 Å². The van der Waals surface area contributed by atoms with Gasteiger partial charge in [-0.15, -0.1) is 0 Å². The second kappa shape index (κ2) is 5.84. The van der Waals surface area contributed by atoms with Gasteiger partial charge >= 0.3 is 0 Å². The molecule has 5 heteroatoms. The maximum absolute atomic E-state index is 9.17. The Hall–Kier alpha value is -1.20. The quantitative estimate of drug-likeness (QED) is 0.770. The van der Waals surface area contributed by atoms with Crippen molar-refractivity contribution in [1.29, 1.82) is 0 Å². The lowest BCUT2D eigenvalue weighted by molar-refractivity contribution is 0.282. The fourth-order valence-electron chi connectivity index (χ4n) is 2.39. The van der Waals surface area contributed by atoms with Gasteiger partial charge in [-0.2, -0.15) is 0 Å². The number of aliphatic hydroxyl groups excluding tert-OH is 1. The summed E-state index contributed by atoms with van der Waals surface area (Å²) in [4.78, 5) is 11.1. The molecule has 1 aromatic heterocycles. The van der Waals surface area contributed by atoms with Crippen molar-refractivity contribution >= 4 is 5.95 Å². The van der Waals surface area contributed by atoms with Gasteiger partial charge in [0.15, 0.2) is 0 Å². The molecule has 19 heavy (non-hydrogen) atoms. The molecule has 0 aliphatic heterocycles. The number of hydrogen-bond donors (Lipinski definition) is 2. The van der Waals surface area contributed by atoms with Crippen molar-refractivity contribution in [3.8, 4) is 0 Å². The van der Waals surface area contributed by atoms with E-state index in [1.54, 1.807) is 0 Å². The molecule has 1 aromatic rings. The van der Waals surface area contributed by atoms with Crippen LogP contribution in [0.15, 0.2) is 12.4 Å². The van der Waals surface area contributed by atoms with Gasteiger partial charge in [0.05, 0.1) is 6.61 Å². The topological polar surface area (TPSA) is 61.3 Å². The summed E-state index contributed by atoms with van der Waals surface area (Å²) in [6.07, 6.45) is 10.1. The first-order valence-corrected chi connectivity index (χ1v) is 7.28. The zero-order valence-electron chi connectivity index (χ0n) is 11.3. The van der Waals surface area contributed by atoms with E-state index < -0.39 is 0 Å². The number of hydrogen-bond acceptors (Lipinski definition) is 5. The maximum atomic E-state index is 9.17. The molecule has 2 aliphatic carbocycles. The highest BCUT2D eigenvalue weighted by molar-refractivity contribution is 5.32. The number of rotatable bonds is 7. The molecule has 5 nitrogen and oxygen atoms in total. The van der Waals surface area contributed by atoms with E-state index in [2.05, 4.69) is 20.2 Å². The van der Waals surface area contributed by atoms with E-state index in [9.17, 15) is 0 Å². The molecule has 0 amide bonds. The van der Waals surface area contributed by atoms with Gasteiger partial charge in [-0.25, -0.2) is 9.97 Å². The third-order valence-corrected chi connectivity index (χ3v) is 3.98. The van der Waals surface area contributed by atoms with Gasteiger partial charge in [0.1, 0.15) is 0 Å². The third-order valence-electron chi connectivity index (χ3n) is 3.98. The minimum absolute atomic E-state index is 0.158. The summed E-state index contributed by atoms with van der Waals surface area (Å²) in [5.41, 5.74) is 1.13.